The quantitative estimate of drug-likeness (QED) is 0.602. The molecule has 1 aromatic carbocycles. The maximum atomic E-state index is 5.66. The molecule has 0 bridgehead atoms. The van der Waals surface area contributed by atoms with Crippen molar-refractivity contribution in [1.82, 2.24) is 4.90 Å². The first-order valence-corrected chi connectivity index (χ1v) is 8.35. The minimum atomic E-state index is 0.764. The molecule has 1 fully saturated rings. The van der Waals surface area contributed by atoms with Crippen LogP contribution in [-0.4, -0.2) is 34.7 Å². The second-order valence-corrected chi connectivity index (χ2v) is 6.41. The maximum absolute atomic E-state index is 5.66. The summed E-state index contributed by atoms with van der Waals surface area (Å²) in [7, 11) is 0. The van der Waals surface area contributed by atoms with Crippen LogP contribution in [0.4, 0.5) is 0 Å². The van der Waals surface area contributed by atoms with Crippen molar-refractivity contribution in [2.75, 3.05) is 25.4 Å². The van der Waals surface area contributed by atoms with Crippen molar-refractivity contribution in [3.05, 3.63) is 30.3 Å². The Bertz CT molecular complexity index is 377. The first-order valence-electron chi connectivity index (χ1n) is 6.96. The van der Waals surface area contributed by atoms with Crippen LogP contribution in [0.25, 0.3) is 0 Å². The van der Waals surface area contributed by atoms with Gasteiger partial charge in [0.25, 0.3) is 0 Å². The Morgan fingerprint density at radius 1 is 1.16 bits per heavy atom. The molecule has 0 amide bonds. The molecule has 0 aliphatic carbocycles. The molecule has 1 saturated heterocycles. The van der Waals surface area contributed by atoms with Crippen LogP contribution >= 0.6 is 24.0 Å². The van der Waals surface area contributed by atoms with E-state index in [0.29, 0.717) is 0 Å². The fraction of sp³-hybridized carbons (Fsp3) is 0.533. The van der Waals surface area contributed by atoms with Gasteiger partial charge in [0.15, 0.2) is 0 Å². The van der Waals surface area contributed by atoms with Gasteiger partial charge in [-0.3, -0.25) is 0 Å². The van der Waals surface area contributed by atoms with E-state index in [1.165, 1.54) is 19.3 Å². The van der Waals surface area contributed by atoms with Crippen molar-refractivity contribution in [3.63, 3.8) is 0 Å². The molecule has 1 aliphatic heterocycles. The number of likely N-dealkylation sites (tertiary alicyclic amines) is 1. The van der Waals surface area contributed by atoms with E-state index < -0.39 is 0 Å². The van der Waals surface area contributed by atoms with Gasteiger partial charge in [-0.25, -0.2) is 0 Å². The van der Waals surface area contributed by atoms with Crippen LogP contribution in [0, 0.1) is 0 Å². The zero-order chi connectivity index (χ0) is 13.3. The molecule has 2 nitrogen and oxygen atoms in total. The highest BCUT2D eigenvalue weighted by atomic mass is 32.2. The van der Waals surface area contributed by atoms with Gasteiger partial charge in [-0.1, -0.05) is 42.2 Å². The van der Waals surface area contributed by atoms with Crippen molar-refractivity contribution in [2.24, 2.45) is 0 Å². The standard InChI is InChI=1S/C15H21NOS2/c18-15(16-10-5-2-6-11-16)19-13-7-12-17-14-8-3-1-4-9-14/h1,3-4,8-9H,2,5-7,10-13H2. The lowest BCUT2D eigenvalue weighted by atomic mass is 10.1. The van der Waals surface area contributed by atoms with Crippen molar-refractivity contribution in [3.8, 4) is 5.75 Å². The average molecular weight is 295 g/mol. The number of hydrogen-bond donors (Lipinski definition) is 0. The normalized spacial score (nSPS) is 15.3. The third kappa shape index (κ3) is 5.41. The number of hydrogen-bond acceptors (Lipinski definition) is 3. The molecule has 1 aliphatic rings. The number of rotatable bonds is 5. The zero-order valence-electron chi connectivity index (χ0n) is 11.2. The van der Waals surface area contributed by atoms with Crippen molar-refractivity contribution < 1.29 is 4.74 Å². The summed E-state index contributed by atoms with van der Waals surface area (Å²) in [6, 6.07) is 9.97. The first-order chi connectivity index (χ1) is 9.36. The topological polar surface area (TPSA) is 12.5 Å². The van der Waals surface area contributed by atoms with E-state index in [-0.39, 0.29) is 0 Å². The van der Waals surface area contributed by atoms with Crippen LogP contribution in [-0.2, 0) is 0 Å². The van der Waals surface area contributed by atoms with Crippen LogP contribution in [0.3, 0.4) is 0 Å². The van der Waals surface area contributed by atoms with Gasteiger partial charge in [0, 0.05) is 18.8 Å². The molecular weight excluding hydrogens is 274 g/mol. The molecule has 0 N–H and O–H groups in total. The second kappa shape index (κ2) is 8.43. The van der Waals surface area contributed by atoms with Crippen LogP contribution < -0.4 is 4.74 Å². The largest absolute Gasteiger partial charge is 0.494 e. The molecule has 1 heterocycles. The molecule has 4 heteroatoms. The van der Waals surface area contributed by atoms with Gasteiger partial charge in [0.2, 0.25) is 0 Å². The summed E-state index contributed by atoms with van der Waals surface area (Å²) >= 11 is 7.26. The number of para-hydroxylation sites is 1. The number of benzene rings is 1. The van der Waals surface area contributed by atoms with Gasteiger partial charge in [-0.15, -0.1) is 0 Å². The summed E-state index contributed by atoms with van der Waals surface area (Å²) in [5, 5.41) is 0. The Kier molecular flexibility index (Phi) is 6.51. The van der Waals surface area contributed by atoms with Gasteiger partial charge in [-0.05, 0) is 37.8 Å². The smallest absolute Gasteiger partial charge is 0.136 e. The van der Waals surface area contributed by atoms with Crippen molar-refractivity contribution in [2.45, 2.75) is 25.7 Å². The summed E-state index contributed by atoms with van der Waals surface area (Å²) in [6.07, 6.45) is 4.97. The number of ether oxygens (including phenoxy) is 1. The van der Waals surface area contributed by atoms with Gasteiger partial charge in [0.05, 0.1) is 6.61 Å². The molecule has 0 atom stereocenters. The number of thiocarbonyl (C=S) groups is 1. The van der Waals surface area contributed by atoms with E-state index in [2.05, 4.69) is 4.90 Å². The Labute approximate surface area is 125 Å². The van der Waals surface area contributed by atoms with Crippen LogP contribution in [0.15, 0.2) is 30.3 Å². The van der Waals surface area contributed by atoms with E-state index in [0.717, 1.165) is 41.9 Å². The Hall–Kier alpha value is -0.740. The molecule has 0 aromatic heterocycles. The van der Waals surface area contributed by atoms with Crippen molar-refractivity contribution >= 4 is 28.3 Å². The van der Waals surface area contributed by atoms with E-state index in [9.17, 15) is 0 Å². The molecular formula is C15H21NOS2. The second-order valence-electron chi connectivity index (χ2n) is 4.68. The van der Waals surface area contributed by atoms with E-state index >= 15 is 0 Å². The molecule has 19 heavy (non-hydrogen) atoms. The molecule has 0 saturated carbocycles. The number of thioether (sulfide) groups is 1. The summed E-state index contributed by atoms with van der Waals surface area (Å²) < 4.78 is 6.73. The molecule has 0 spiro atoms. The fourth-order valence-corrected chi connectivity index (χ4v) is 3.33. The van der Waals surface area contributed by atoms with Gasteiger partial charge >= 0.3 is 0 Å². The molecule has 2 rings (SSSR count). The summed E-state index contributed by atoms with van der Waals surface area (Å²) in [4.78, 5) is 2.35. The lowest BCUT2D eigenvalue weighted by Crippen LogP contribution is -2.32. The monoisotopic (exact) mass is 295 g/mol. The minimum Gasteiger partial charge on any atom is -0.494 e. The van der Waals surface area contributed by atoms with Crippen LogP contribution in [0.5, 0.6) is 5.75 Å². The Balaban J connectivity index is 1.55. The molecule has 0 unspecified atom stereocenters. The minimum absolute atomic E-state index is 0.764. The first kappa shape index (κ1) is 14.7. The van der Waals surface area contributed by atoms with Gasteiger partial charge < -0.3 is 9.64 Å². The highest BCUT2D eigenvalue weighted by molar-refractivity contribution is 8.22. The van der Waals surface area contributed by atoms with E-state index in [1.807, 2.05) is 30.3 Å². The van der Waals surface area contributed by atoms with Crippen LogP contribution in [0.1, 0.15) is 25.7 Å². The van der Waals surface area contributed by atoms with Gasteiger partial charge in [0.1, 0.15) is 10.1 Å². The SMILES string of the molecule is S=C(SCCCOc1ccccc1)N1CCCCC1. The maximum Gasteiger partial charge on any atom is 0.136 e. The molecule has 0 radical (unpaired) electrons. The predicted molar refractivity (Wildman–Crippen MR) is 87.0 cm³/mol. The fourth-order valence-electron chi connectivity index (χ4n) is 2.09. The number of piperidine rings is 1. The zero-order valence-corrected chi connectivity index (χ0v) is 12.8. The number of nitrogens with zero attached hydrogens (tertiary/aromatic N) is 1. The Morgan fingerprint density at radius 2 is 1.89 bits per heavy atom. The Morgan fingerprint density at radius 3 is 2.63 bits per heavy atom. The molecule has 104 valence electrons. The molecule has 1 aromatic rings. The summed E-state index contributed by atoms with van der Waals surface area (Å²) in [5.74, 6) is 1.99. The van der Waals surface area contributed by atoms with E-state index in [1.54, 1.807) is 11.8 Å². The van der Waals surface area contributed by atoms with Crippen LogP contribution in [0.2, 0.25) is 0 Å². The average Bonchev–Trinajstić information content (AvgIpc) is 2.49. The lowest BCUT2D eigenvalue weighted by molar-refractivity contribution is 0.318. The lowest BCUT2D eigenvalue weighted by Gasteiger charge is -2.28. The third-order valence-corrected chi connectivity index (χ3v) is 4.75. The summed E-state index contributed by atoms with van der Waals surface area (Å²) in [5.41, 5.74) is 0. The van der Waals surface area contributed by atoms with Crippen molar-refractivity contribution in [1.29, 1.82) is 0 Å². The van der Waals surface area contributed by atoms with Gasteiger partial charge in [-0.2, -0.15) is 0 Å². The summed E-state index contributed by atoms with van der Waals surface area (Å²) in [6.45, 7) is 3.05. The highest BCUT2D eigenvalue weighted by Gasteiger charge is 2.13. The highest BCUT2D eigenvalue weighted by Crippen LogP contribution is 2.17. The third-order valence-electron chi connectivity index (χ3n) is 3.14. The van der Waals surface area contributed by atoms with E-state index in [4.69, 9.17) is 17.0 Å². The predicted octanol–water partition coefficient (Wildman–Crippen LogP) is 3.96.